The van der Waals surface area contributed by atoms with E-state index in [1.165, 1.54) is 49.4 Å². The predicted molar refractivity (Wildman–Crippen MR) is 104 cm³/mol. The van der Waals surface area contributed by atoms with Crippen LogP contribution in [0.25, 0.3) is 0 Å². The maximum absolute atomic E-state index is 12.2. The molecule has 2 aromatic rings. The first-order valence-corrected chi connectivity index (χ1v) is 11.2. The van der Waals surface area contributed by atoms with Crippen molar-refractivity contribution in [3.05, 3.63) is 54.6 Å². The van der Waals surface area contributed by atoms with Crippen LogP contribution in [0.4, 0.5) is 5.69 Å². The minimum absolute atomic E-state index is 0.0212. The summed E-state index contributed by atoms with van der Waals surface area (Å²) in [5.74, 6) is -1.71. The molecule has 0 bridgehead atoms. The van der Waals surface area contributed by atoms with Crippen LogP contribution in [0.15, 0.2) is 64.4 Å². The molecule has 2 aromatic carbocycles. The van der Waals surface area contributed by atoms with Gasteiger partial charge in [-0.05, 0) is 37.3 Å². The number of benzene rings is 2. The van der Waals surface area contributed by atoms with Crippen molar-refractivity contribution in [2.75, 3.05) is 11.9 Å². The Hall–Kier alpha value is -2.80. The van der Waals surface area contributed by atoms with E-state index in [2.05, 4.69) is 10.0 Å². The molecule has 0 aliphatic carbocycles. The lowest BCUT2D eigenvalue weighted by atomic mass is 10.3. The molecule has 0 radical (unpaired) electrons. The zero-order valence-corrected chi connectivity index (χ0v) is 16.9. The second kappa shape index (κ2) is 9.13. The minimum Gasteiger partial charge on any atom is -0.454 e. The highest BCUT2D eigenvalue weighted by Gasteiger charge is 2.23. The maximum Gasteiger partial charge on any atom is 0.324 e. The SMILES string of the molecule is C[C@H](NS(=O)(=O)c1ccccc1)C(=O)OCC(=O)Nc1cccc(S(N)(=O)=O)c1. The first-order chi connectivity index (χ1) is 13.5. The van der Waals surface area contributed by atoms with Crippen LogP contribution in [0.3, 0.4) is 0 Å². The first kappa shape index (κ1) is 22.5. The van der Waals surface area contributed by atoms with Crippen molar-refractivity contribution in [1.82, 2.24) is 4.72 Å². The van der Waals surface area contributed by atoms with Gasteiger partial charge in [0.15, 0.2) is 6.61 Å². The smallest absolute Gasteiger partial charge is 0.324 e. The molecule has 156 valence electrons. The minimum atomic E-state index is -3.94. The van der Waals surface area contributed by atoms with Gasteiger partial charge in [-0.15, -0.1) is 0 Å². The highest BCUT2D eigenvalue weighted by atomic mass is 32.2. The number of carbonyl (C=O) groups is 2. The molecular formula is C17H19N3O7S2. The van der Waals surface area contributed by atoms with Gasteiger partial charge in [0.1, 0.15) is 6.04 Å². The monoisotopic (exact) mass is 441 g/mol. The summed E-state index contributed by atoms with van der Waals surface area (Å²) in [7, 11) is -7.87. The molecule has 0 aromatic heterocycles. The summed E-state index contributed by atoms with van der Waals surface area (Å²) in [5, 5.41) is 7.36. The van der Waals surface area contributed by atoms with Gasteiger partial charge in [-0.1, -0.05) is 24.3 Å². The van der Waals surface area contributed by atoms with Crippen molar-refractivity contribution in [3.63, 3.8) is 0 Å². The summed E-state index contributed by atoms with van der Waals surface area (Å²) in [5.41, 5.74) is 0.135. The largest absolute Gasteiger partial charge is 0.454 e. The highest BCUT2D eigenvalue weighted by molar-refractivity contribution is 7.89. The quantitative estimate of drug-likeness (QED) is 0.492. The molecule has 12 heteroatoms. The van der Waals surface area contributed by atoms with Crippen LogP contribution in [-0.2, 0) is 34.4 Å². The predicted octanol–water partition coefficient (Wildman–Crippen LogP) is 0.183. The van der Waals surface area contributed by atoms with Crippen LogP contribution in [0.1, 0.15) is 6.92 Å². The normalized spacial score (nSPS) is 12.8. The van der Waals surface area contributed by atoms with Crippen molar-refractivity contribution in [2.45, 2.75) is 22.8 Å². The fourth-order valence-electron chi connectivity index (χ4n) is 2.16. The van der Waals surface area contributed by atoms with Gasteiger partial charge in [0, 0.05) is 5.69 Å². The van der Waals surface area contributed by atoms with Crippen LogP contribution in [0, 0.1) is 0 Å². The molecule has 0 saturated carbocycles. The number of amides is 1. The molecule has 4 N–H and O–H groups in total. The van der Waals surface area contributed by atoms with E-state index in [0.29, 0.717) is 0 Å². The average molecular weight is 441 g/mol. The number of hydrogen-bond donors (Lipinski definition) is 3. The van der Waals surface area contributed by atoms with E-state index in [4.69, 9.17) is 9.88 Å². The fraction of sp³-hybridized carbons (Fsp3) is 0.176. The van der Waals surface area contributed by atoms with E-state index in [9.17, 15) is 26.4 Å². The van der Waals surface area contributed by atoms with Crippen molar-refractivity contribution in [2.24, 2.45) is 5.14 Å². The Bertz CT molecular complexity index is 1100. The van der Waals surface area contributed by atoms with Gasteiger partial charge in [-0.3, -0.25) is 9.59 Å². The average Bonchev–Trinajstić information content (AvgIpc) is 2.66. The number of hydrogen-bond acceptors (Lipinski definition) is 7. The number of ether oxygens (including phenoxy) is 1. The van der Waals surface area contributed by atoms with Crippen LogP contribution >= 0.6 is 0 Å². The molecule has 29 heavy (non-hydrogen) atoms. The van der Waals surface area contributed by atoms with Crippen LogP contribution in [0.2, 0.25) is 0 Å². The number of primary sulfonamides is 1. The van der Waals surface area contributed by atoms with E-state index in [0.717, 1.165) is 6.07 Å². The molecule has 0 heterocycles. The number of sulfonamides is 2. The third kappa shape index (κ3) is 6.64. The number of carbonyl (C=O) groups excluding carboxylic acids is 2. The second-order valence-electron chi connectivity index (χ2n) is 5.88. The Morgan fingerprint density at radius 3 is 2.24 bits per heavy atom. The molecule has 0 fully saturated rings. The topological polar surface area (TPSA) is 162 Å². The van der Waals surface area contributed by atoms with Gasteiger partial charge >= 0.3 is 5.97 Å². The summed E-state index contributed by atoms with van der Waals surface area (Å²) < 4.78 is 53.9. The summed E-state index contributed by atoms with van der Waals surface area (Å²) in [4.78, 5) is 23.6. The molecule has 0 aliphatic rings. The standard InChI is InChI=1S/C17H19N3O7S2/c1-12(20-29(25,26)14-7-3-2-4-8-14)17(22)27-11-16(21)19-13-6-5-9-15(10-13)28(18,23)24/h2-10,12,20H,11H2,1H3,(H,19,21)(H2,18,23,24)/t12-/m0/s1. The summed E-state index contributed by atoms with van der Waals surface area (Å²) in [6, 6.07) is 11.4. The molecule has 0 spiro atoms. The third-order valence-corrected chi connectivity index (χ3v) is 6.00. The Morgan fingerprint density at radius 2 is 1.62 bits per heavy atom. The molecule has 0 aliphatic heterocycles. The summed E-state index contributed by atoms with van der Waals surface area (Å²) in [6.07, 6.45) is 0. The van der Waals surface area contributed by atoms with E-state index in [1.54, 1.807) is 6.07 Å². The van der Waals surface area contributed by atoms with Gasteiger partial charge < -0.3 is 10.1 Å². The van der Waals surface area contributed by atoms with E-state index in [1.807, 2.05) is 0 Å². The Labute approximate surface area is 168 Å². The molecule has 0 unspecified atom stereocenters. The molecule has 2 rings (SSSR count). The Morgan fingerprint density at radius 1 is 1.00 bits per heavy atom. The lowest BCUT2D eigenvalue weighted by Gasteiger charge is -2.14. The molecule has 1 atom stereocenters. The van der Waals surface area contributed by atoms with E-state index >= 15 is 0 Å². The second-order valence-corrected chi connectivity index (χ2v) is 9.16. The van der Waals surface area contributed by atoms with Gasteiger partial charge in [0.2, 0.25) is 20.0 Å². The molecular weight excluding hydrogens is 422 g/mol. The van der Waals surface area contributed by atoms with Crippen LogP contribution in [-0.4, -0.2) is 41.4 Å². The maximum atomic E-state index is 12.2. The van der Waals surface area contributed by atoms with Gasteiger partial charge in [-0.25, -0.2) is 22.0 Å². The van der Waals surface area contributed by atoms with Crippen molar-refractivity contribution in [1.29, 1.82) is 0 Å². The number of nitrogens with two attached hydrogens (primary N) is 1. The van der Waals surface area contributed by atoms with E-state index in [-0.39, 0.29) is 15.5 Å². The van der Waals surface area contributed by atoms with Gasteiger partial charge in [-0.2, -0.15) is 4.72 Å². The number of anilines is 1. The Kier molecular flexibility index (Phi) is 7.08. The zero-order chi connectivity index (χ0) is 21.7. The summed E-state index contributed by atoms with van der Waals surface area (Å²) in [6.45, 7) is 0.576. The van der Waals surface area contributed by atoms with Crippen LogP contribution in [0.5, 0.6) is 0 Å². The number of nitrogens with one attached hydrogen (secondary N) is 2. The summed E-state index contributed by atoms with van der Waals surface area (Å²) >= 11 is 0. The van der Waals surface area contributed by atoms with Crippen molar-refractivity contribution in [3.8, 4) is 0 Å². The van der Waals surface area contributed by atoms with Crippen LogP contribution < -0.4 is 15.2 Å². The van der Waals surface area contributed by atoms with Gasteiger partial charge in [0.25, 0.3) is 5.91 Å². The lowest BCUT2D eigenvalue weighted by Crippen LogP contribution is -2.40. The van der Waals surface area contributed by atoms with Gasteiger partial charge in [0.05, 0.1) is 9.79 Å². The van der Waals surface area contributed by atoms with E-state index < -0.39 is 44.6 Å². The molecule has 1 amide bonds. The van der Waals surface area contributed by atoms with Crippen molar-refractivity contribution >= 4 is 37.6 Å². The Balaban J connectivity index is 1.91. The fourth-order valence-corrected chi connectivity index (χ4v) is 3.93. The van der Waals surface area contributed by atoms with Crippen molar-refractivity contribution < 1.29 is 31.2 Å². The number of rotatable bonds is 8. The zero-order valence-electron chi connectivity index (χ0n) is 15.2. The molecule has 10 nitrogen and oxygen atoms in total. The third-order valence-electron chi connectivity index (χ3n) is 3.53. The first-order valence-electron chi connectivity index (χ1n) is 8.16. The highest BCUT2D eigenvalue weighted by Crippen LogP contribution is 2.14. The lowest BCUT2D eigenvalue weighted by molar-refractivity contribution is -0.148. The number of esters is 1. The molecule has 0 saturated heterocycles.